The zero-order valence-corrected chi connectivity index (χ0v) is 11.0. The molecule has 2 heterocycles. The number of aromatic nitrogens is 4. The van der Waals surface area contributed by atoms with Crippen LogP contribution in [0.3, 0.4) is 0 Å². The van der Waals surface area contributed by atoms with Crippen LogP contribution in [0.5, 0.6) is 0 Å². The van der Waals surface area contributed by atoms with Crippen molar-refractivity contribution in [3.05, 3.63) is 35.0 Å². The van der Waals surface area contributed by atoms with Crippen LogP contribution in [-0.4, -0.2) is 26.9 Å². The Morgan fingerprint density at radius 1 is 1.44 bits per heavy atom. The first-order valence-electron chi connectivity index (χ1n) is 5.42. The molecule has 0 unspecified atom stereocenters. The third-order valence-electron chi connectivity index (χ3n) is 2.23. The zero-order valence-electron chi connectivity index (χ0n) is 10.2. The van der Waals surface area contributed by atoms with E-state index in [1.165, 1.54) is 0 Å². The third kappa shape index (κ3) is 3.41. The Morgan fingerprint density at radius 3 is 2.94 bits per heavy atom. The predicted octanol–water partition coefficient (Wildman–Crippen LogP) is 1.62. The monoisotopic (exact) mass is 267 g/mol. The molecule has 7 heteroatoms. The standard InChI is InChI=1S/C11H14ClN5O/c1-17-4-3-8(16-17)6-13-10-5-9(12)14-11(15-10)7-18-2/h3-5H,6-7H2,1-2H3,(H,13,14,15). The van der Waals surface area contributed by atoms with Gasteiger partial charge in [0.05, 0.1) is 12.2 Å². The molecule has 18 heavy (non-hydrogen) atoms. The molecule has 0 radical (unpaired) electrons. The van der Waals surface area contributed by atoms with E-state index < -0.39 is 0 Å². The van der Waals surface area contributed by atoms with Crippen molar-refractivity contribution < 1.29 is 4.74 Å². The number of halogens is 1. The molecular weight excluding hydrogens is 254 g/mol. The molecule has 2 aromatic heterocycles. The normalized spacial score (nSPS) is 10.6. The maximum Gasteiger partial charge on any atom is 0.158 e. The molecule has 0 saturated carbocycles. The Morgan fingerprint density at radius 2 is 2.28 bits per heavy atom. The summed E-state index contributed by atoms with van der Waals surface area (Å²) < 4.78 is 6.73. The third-order valence-corrected chi connectivity index (χ3v) is 2.43. The number of nitrogens with zero attached hydrogens (tertiary/aromatic N) is 4. The number of rotatable bonds is 5. The summed E-state index contributed by atoms with van der Waals surface area (Å²) in [7, 11) is 3.47. The molecular formula is C11H14ClN5O. The van der Waals surface area contributed by atoms with Crippen molar-refractivity contribution in [2.24, 2.45) is 7.05 Å². The van der Waals surface area contributed by atoms with Gasteiger partial charge in [-0.1, -0.05) is 11.6 Å². The van der Waals surface area contributed by atoms with Gasteiger partial charge in [-0.25, -0.2) is 9.97 Å². The average molecular weight is 268 g/mol. The Kier molecular flexibility index (Phi) is 4.11. The summed E-state index contributed by atoms with van der Waals surface area (Å²) >= 11 is 5.91. The van der Waals surface area contributed by atoms with Gasteiger partial charge in [0, 0.05) is 26.4 Å². The first-order valence-corrected chi connectivity index (χ1v) is 5.80. The summed E-state index contributed by atoms with van der Waals surface area (Å²) in [5.74, 6) is 1.21. The molecule has 0 spiro atoms. The highest BCUT2D eigenvalue weighted by molar-refractivity contribution is 6.29. The fourth-order valence-electron chi connectivity index (χ4n) is 1.49. The summed E-state index contributed by atoms with van der Waals surface area (Å²) in [5.41, 5.74) is 0.931. The largest absolute Gasteiger partial charge is 0.377 e. The van der Waals surface area contributed by atoms with E-state index in [-0.39, 0.29) is 0 Å². The smallest absolute Gasteiger partial charge is 0.158 e. The molecule has 0 bridgehead atoms. The van der Waals surface area contributed by atoms with Crippen molar-refractivity contribution in [2.75, 3.05) is 12.4 Å². The second-order valence-corrected chi connectivity index (χ2v) is 4.15. The van der Waals surface area contributed by atoms with Crippen LogP contribution in [0.25, 0.3) is 0 Å². The van der Waals surface area contributed by atoms with Gasteiger partial charge in [-0.2, -0.15) is 5.10 Å². The van der Waals surface area contributed by atoms with Gasteiger partial charge in [0.15, 0.2) is 5.82 Å². The van der Waals surface area contributed by atoms with E-state index >= 15 is 0 Å². The van der Waals surface area contributed by atoms with Gasteiger partial charge < -0.3 is 10.1 Å². The summed E-state index contributed by atoms with van der Waals surface area (Å²) in [4.78, 5) is 8.33. The highest BCUT2D eigenvalue weighted by Gasteiger charge is 2.04. The number of nitrogens with one attached hydrogen (secondary N) is 1. The van der Waals surface area contributed by atoms with Crippen molar-refractivity contribution in [3.63, 3.8) is 0 Å². The van der Waals surface area contributed by atoms with Crippen molar-refractivity contribution in [3.8, 4) is 0 Å². The van der Waals surface area contributed by atoms with Crippen LogP contribution in [0.2, 0.25) is 5.15 Å². The van der Waals surface area contributed by atoms with E-state index in [4.69, 9.17) is 16.3 Å². The van der Waals surface area contributed by atoms with E-state index in [0.29, 0.717) is 29.9 Å². The Hall–Kier alpha value is -1.66. The second kappa shape index (κ2) is 5.79. The van der Waals surface area contributed by atoms with Gasteiger partial charge in [0.2, 0.25) is 0 Å². The highest BCUT2D eigenvalue weighted by Crippen LogP contribution is 2.12. The first-order chi connectivity index (χ1) is 8.67. The van der Waals surface area contributed by atoms with E-state index in [1.54, 1.807) is 17.9 Å². The quantitative estimate of drug-likeness (QED) is 0.834. The minimum Gasteiger partial charge on any atom is -0.377 e. The fraction of sp³-hybridized carbons (Fsp3) is 0.364. The topological polar surface area (TPSA) is 64.9 Å². The van der Waals surface area contributed by atoms with Crippen molar-refractivity contribution in [1.29, 1.82) is 0 Å². The minimum atomic E-state index is 0.332. The number of methoxy groups -OCH3 is 1. The molecule has 0 aliphatic heterocycles. The lowest BCUT2D eigenvalue weighted by molar-refractivity contribution is 0.178. The number of hydrogen-bond donors (Lipinski definition) is 1. The van der Waals surface area contributed by atoms with Crippen molar-refractivity contribution in [2.45, 2.75) is 13.2 Å². The maximum atomic E-state index is 5.91. The van der Waals surface area contributed by atoms with Gasteiger partial charge >= 0.3 is 0 Å². The molecule has 0 aromatic carbocycles. The molecule has 2 rings (SSSR count). The summed E-state index contributed by atoms with van der Waals surface area (Å²) in [6.07, 6.45) is 1.89. The van der Waals surface area contributed by atoms with Gasteiger partial charge in [0.25, 0.3) is 0 Å². The first kappa shape index (κ1) is 12.8. The van der Waals surface area contributed by atoms with Crippen LogP contribution in [-0.2, 0) is 24.9 Å². The molecule has 0 aliphatic carbocycles. The van der Waals surface area contributed by atoms with Crippen LogP contribution < -0.4 is 5.32 Å². The molecule has 1 N–H and O–H groups in total. The molecule has 2 aromatic rings. The van der Waals surface area contributed by atoms with Gasteiger partial charge in [-0.05, 0) is 6.07 Å². The van der Waals surface area contributed by atoms with Gasteiger partial charge in [-0.3, -0.25) is 4.68 Å². The zero-order chi connectivity index (χ0) is 13.0. The number of anilines is 1. The van der Waals surface area contributed by atoms with E-state index in [0.717, 1.165) is 5.69 Å². The fourth-order valence-corrected chi connectivity index (χ4v) is 1.69. The molecule has 6 nitrogen and oxygen atoms in total. The maximum absolute atomic E-state index is 5.91. The van der Waals surface area contributed by atoms with Crippen LogP contribution >= 0.6 is 11.6 Å². The van der Waals surface area contributed by atoms with Crippen molar-refractivity contribution >= 4 is 17.4 Å². The Balaban J connectivity index is 2.04. The summed E-state index contributed by atoms with van der Waals surface area (Å²) in [6.45, 7) is 0.916. The molecule has 0 aliphatic rings. The molecule has 0 amide bonds. The Bertz CT molecular complexity index is 528. The predicted molar refractivity (Wildman–Crippen MR) is 68.3 cm³/mol. The highest BCUT2D eigenvalue weighted by atomic mass is 35.5. The lowest BCUT2D eigenvalue weighted by Gasteiger charge is -2.06. The van der Waals surface area contributed by atoms with Crippen LogP contribution in [0.1, 0.15) is 11.5 Å². The van der Waals surface area contributed by atoms with E-state index in [1.807, 2.05) is 19.3 Å². The van der Waals surface area contributed by atoms with E-state index in [2.05, 4.69) is 20.4 Å². The van der Waals surface area contributed by atoms with Crippen LogP contribution in [0, 0.1) is 0 Å². The SMILES string of the molecule is COCc1nc(Cl)cc(NCc2ccn(C)n2)n1. The van der Waals surface area contributed by atoms with Crippen molar-refractivity contribution in [1.82, 2.24) is 19.7 Å². The molecule has 0 fully saturated rings. The molecule has 0 saturated heterocycles. The van der Waals surface area contributed by atoms with Crippen LogP contribution in [0.4, 0.5) is 5.82 Å². The number of ether oxygens (including phenoxy) is 1. The van der Waals surface area contributed by atoms with Gasteiger partial charge in [-0.15, -0.1) is 0 Å². The minimum absolute atomic E-state index is 0.332. The molecule has 0 atom stereocenters. The van der Waals surface area contributed by atoms with E-state index in [9.17, 15) is 0 Å². The van der Waals surface area contributed by atoms with Crippen LogP contribution in [0.15, 0.2) is 18.3 Å². The number of aryl methyl sites for hydroxylation is 1. The Labute approximate surface area is 110 Å². The lowest BCUT2D eigenvalue weighted by atomic mass is 10.4. The summed E-state index contributed by atoms with van der Waals surface area (Å²) in [6, 6.07) is 3.61. The van der Waals surface area contributed by atoms with Gasteiger partial charge in [0.1, 0.15) is 17.6 Å². The second-order valence-electron chi connectivity index (χ2n) is 3.76. The molecule has 96 valence electrons. The average Bonchev–Trinajstić information content (AvgIpc) is 2.72. The lowest BCUT2D eigenvalue weighted by Crippen LogP contribution is -2.06. The summed E-state index contributed by atoms with van der Waals surface area (Å²) in [5, 5.41) is 7.80. The number of hydrogen-bond acceptors (Lipinski definition) is 5.